The van der Waals surface area contributed by atoms with Gasteiger partial charge in [0.15, 0.2) is 17.5 Å². The Kier molecular flexibility index (Phi) is 7.39. The molecule has 144 valence electrons. The maximum Gasteiger partial charge on any atom is 0.231 e. The van der Waals surface area contributed by atoms with E-state index in [1.807, 2.05) is 19.2 Å². The number of hydrogen-bond donors (Lipinski definition) is 2. The van der Waals surface area contributed by atoms with Crippen molar-refractivity contribution in [1.29, 1.82) is 0 Å². The summed E-state index contributed by atoms with van der Waals surface area (Å²) in [4.78, 5) is 6.76. The van der Waals surface area contributed by atoms with E-state index in [0.717, 1.165) is 76.2 Å². The molecule has 2 aliphatic rings. The predicted molar refractivity (Wildman–Crippen MR) is 102 cm³/mol. The van der Waals surface area contributed by atoms with Gasteiger partial charge >= 0.3 is 0 Å². The van der Waals surface area contributed by atoms with Crippen molar-refractivity contribution in [3.8, 4) is 11.5 Å². The number of guanidine groups is 1. The van der Waals surface area contributed by atoms with Crippen LogP contribution in [0, 0.1) is 0 Å². The summed E-state index contributed by atoms with van der Waals surface area (Å²) in [5.74, 6) is 2.53. The zero-order chi connectivity index (χ0) is 18.0. The number of nitrogens with one attached hydrogen (secondary N) is 2. The van der Waals surface area contributed by atoms with Crippen LogP contribution < -0.4 is 20.1 Å². The van der Waals surface area contributed by atoms with Crippen molar-refractivity contribution < 1.29 is 14.2 Å². The van der Waals surface area contributed by atoms with Gasteiger partial charge in [-0.3, -0.25) is 9.89 Å². The number of benzene rings is 1. The molecule has 0 radical (unpaired) electrons. The molecule has 1 fully saturated rings. The summed E-state index contributed by atoms with van der Waals surface area (Å²) in [6.45, 7) is 7.12. The molecule has 2 heterocycles. The Balaban J connectivity index is 1.27. The highest BCUT2D eigenvalue weighted by Crippen LogP contribution is 2.32. The molecule has 0 unspecified atom stereocenters. The molecule has 2 N–H and O–H groups in total. The molecule has 1 aromatic rings. The normalized spacial score (nSPS) is 17.3. The first-order chi connectivity index (χ1) is 12.8. The molecular weight excluding hydrogens is 332 g/mol. The number of aliphatic imine (C=N–C) groups is 1. The molecular formula is C19H30N4O3. The van der Waals surface area contributed by atoms with Crippen LogP contribution in [0.1, 0.15) is 18.4 Å². The van der Waals surface area contributed by atoms with Crippen LogP contribution in [-0.4, -0.2) is 70.6 Å². The van der Waals surface area contributed by atoms with Crippen LogP contribution in [-0.2, 0) is 11.2 Å². The molecule has 0 aliphatic carbocycles. The van der Waals surface area contributed by atoms with Crippen LogP contribution in [0.3, 0.4) is 0 Å². The highest BCUT2D eigenvalue weighted by molar-refractivity contribution is 5.79. The fourth-order valence-electron chi connectivity index (χ4n) is 3.13. The van der Waals surface area contributed by atoms with E-state index in [2.05, 4.69) is 26.6 Å². The average molecular weight is 362 g/mol. The van der Waals surface area contributed by atoms with Gasteiger partial charge in [0.25, 0.3) is 0 Å². The van der Waals surface area contributed by atoms with Crippen molar-refractivity contribution in [1.82, 2.24) is 15.5 Å². The summed E-state index contributed by atoms with van der Waals surface area (Å²) in [5.41, 5.74) is 1.22. The Hall–Kier alpha value is -1.99. The van der Waals surface area contributed by atoms with Gasteiger partial charge in [-0.2, -0.15) is 0 Å². The topological polar surface area (TPSA) is 67.4 Å². The molecule has 7 heteroatoms. The van der Waals surface area contributed by atoms with Gasteiger partial charge in [0.05, 0.1) is 13.2 Å². The lowest BCUT2D eigenvalue weighted by molar-refractivity contribution is 0.0372. The van der Waals surface area contributed by atoms with Gasteiger partial charge < -0.3 is 24.8 Å². The Labute approximate surface area is 155 Å². The van der Waals surface area contributed by atoms with Crippen LogP contribution in [0.25, 0.3) is 0 Å². The molecule has 0 amide bonds. The molecule has 0 saturated carbocycles. The van der Waals surface area contributed by atoms with Gasteiger partial charge in [0.1, 0.15) is 0 Å². The molecule has 1 saturated heterocycles. The Morgan fingerprint density at radius 1 is 1.08 bits per heavy atom. The first-order valence-corrected chi connectivity index (χ1v) is 9.48. The van der Waals surface area contributed by atoms with Gasteiger partial charge in [0.2, 0.25) is 6.79 Å². The quantitative estimate of drug-likeness (QED) is 0.412. The second-order valence-corrected chi connectivity index (χ2v) is 6.52. The first-order valence-electron chi connectivity index (χ1n) is 9.48. The van der Waals surface area contributed by atoms with Crippen molar-refractivity contribution >= 4 is 5.96 Å². The molecule has 0 atom stereocenters. The van der Waals surface area contributed by atoms with E-state index < -0.39 is 0 Å². The molecule has 3 rings (SSSR count). The van der Waals surface area contributed by atoms with Crippen LogP contribution >= 0.6 is 0 Å². The maximum absolute atomic E-state index is 5.42. The van der Waals surface area contributed by atoms with Crippen LogP contribution in [0.5, 0.6) is 11.5 Å². The number of unbranched alkanes of at least 4 members (excludes halogenated alkanes) is 1. The van der Waals surface area contributed by atoms with Crippen LogP contribution in [0.15, 0.2) is 23.2 Å². The summed E-state index contributed by atoms with van der Waals surface area (Å²) in [6.07, 6.45) is 3.25. The Morgan fingerprint density at radius 2 is 1.88 bits per heavy atom. The molecule has 0 bridgehead atoms. The average Bonchev–Trinajstić information content (AvgIpc) is 3.15. The summed E-state index contributed by atoms with van der Waals surface area (Å²) < 4.78 is 16.1. The van der Waals surface area contributed by atoms with Crippen molar-refractivity contribution in [2.45, 2.75) is 19.3 Å². The lowest BCUT2D eigenvalue weighted by Crippen LogP contribution is -2.39. The zero-order valence-electron chi connectivity index (χ0n) is 15.6. The van der Waals surface area contributed by atoms with Crippen LogP contribution in [0.4, 0.5) is 0 Å². The Bertz CT molecular complexity index is 588. The lowest BCUT2D eigenvalue weighted by atomic mass is 10.1. The molecule has 7 nitrogen and oxygen atoms in total. The monoisotopic (exact) mass is 362 g/mol. The number of fused-ring (bicyclic) bond motifs is 1. The lowest BCUT2D eigenvalue weighted by Gasteiger charge is -2.26. The summed E-state index contributed by atoms with van der Waals surface area (Å²) in [7, 11) is 1.81. The predicted octanol–water partition coefficient (Wildman–Crippen LogP) is 1.24. The van der Waals surface area contributed by atoms with Gasteiger partial charge in [-0.25, -0.2) is 0 Å². The number of nitrogens with zero attached hydrogens (tertiary/aromatic N) is 2. The summed E-state index contributed by atoms with van der Waals surface area (Å²) in [5, 5.41) is 6.75. The Morgan fingerprint density at radius 3 is 2.73 bits per heavy atom. The van der Waals surface area contributed by atoms with E-state index >= 15 is 0 Å². The van der Waals surface area contributed by atoms with Gasteiger partial charge in [-0.15, -0.1) is 0 Å². The summed E-state index contributed by atoms with van der Waals surface area (Å²) in [6, 6.07) is 6.10. The second-order valence-electron chi connectivity index (χ2n) is 6.52. The third kappa shape index (κ3) is 5.78. The van der Waals surface area contributed by atoms with Crippen molar-refractivity contribution in [2.75, 3.05) is 59.8 Å². The molecule has 0 spiro atoms. The number of ether oxygens (including phenoxy) is 3. The SMILES string of the molecule is CN=C(NCCCCN1CCOCC1)NCCc1ccc2c(c1)OCO2. The fourth-order valence-corrected chi connectivity index (χ4v) is 3.13. The molecule has 1 aromatic carbocycles. The van der Waals surface area contributed by atoms with E-state index in [1.54, 1.807) is 0 Å². The van der Waals surface area contributed by atoms with E-state index in [1.165, 1.54) is 12.0 Å². The maximum atomic E-state index is 5.42. The zero-order valence-corrected chi connectivity index (χ0v) is 15.6. The van der Waals surface area contributed by atoms with Gasteiger partial charge in [0, 0.05) is 33.2 Å². The van der Waals surface area contributed by atoms with Crippen molar-refractivity contribution in [3.05, 3.63) is 23.8 Å². The third-order valence-corrected chi connectivity index (χ3v) is 4.66. The molecule has 26 heavy (non-hydrogen) atoms. The van der Waals surface area contributed by atoms with Crippen LogP contribution in [0.2, 0.25) is 0 Å². The summed E-state index contributed by atoms with van der Waals surface area (Å²) >= 11 is 0. The first kappa shape index (κ1) is 18.8. The number of rotatable bonds is 8. The number of morpholine rings is 1. The number of hydrogen-bond acceptors (Lipinski definition) is 5. The minimum Gasteiger partial charge on any atom is -0.454 e. The third-order valence-electron chi connectivity index (χ3n) is 4.66. The smallest absolute Gasteiger partial charge is 0.231 e. The highest BCUT2D eigenvalue weighted by atomic mass is 16.7. The minimum atomic E-state index is 0.319. The van der Waals surface area contributed by atoms with E-state index in [-0.39, 0.29) is 0 Å². The minimum absolute atomic E-state index is 0.319. The largest absolute Gasteiger partial charge is 0.454 e. The van der Waals surface area contributed by atoms with Gasteiger partial charge in [-0.05, 0) is 43.5 Å². The van der Waals surface area contributed by atoms with Crippen molar-refractivity contribution in [2.24, 2.45) is 4.99 Å². The van der Waals surface area contributed by atoms with E-state index in [0.29, 0.717) is 6.79 Å². The standard InChI is InChI=1S/C19H30N4O3/c1-20-19(21-7-2-3-9-23-10-12-24-13-11-23)22-8-6-16-4-5-17-18(14-16)26-15-25-17/h4-5,14H,2-3,6-13,15H2,1H3,(H2,20,21,22). The van der Waals surface area contributed by atoms with Gasteiger partial charge in [-0.1, -0.05) is 6.07 Å². The highest BCUT2D eigenvalue weighted by Gasteiger charge is 2.13. The molecule has 2 aliphatic heterocycles. The van der Waals surface area contributed by atoms with E-state index in [9.17, 15) is 0 Å². The molecule has 0 aromatic heterocycles. The van der Waals surface area contributed by atoms with E-state index in [4.69, 9.17) is 14.2 Å². The fraction of sp³-hybridized carbons (Fsp3) is 0.632. The van der Waals surface area contributed by atoms with Crippen molar-refractivity contribution in [3.63, 3.8) is 0 Å². The second kappa shape index (κ2) is 10.2.